The fourth-order valence-electron chi connectivity index (χ4n) is 1.84. The topological polar surface area (TPSA) is 93.5 Å². The highest BCUT2D eigenvalue weighted by molar-refractivity contribution is 5.94. The number of rotatable bonds is 3. The first-order valence-electron chi connectivity index (χ1n) is 5.96. The average molecular weight is 265 g/mol. The number of nitrogens with zero attached hydrogens (tertiary/aromatic N) is 1. The van der Waals surface area contributed by atoms with E-state index in [0.29, 0.717) is 24.4 Å². The molecule has 0 aliphatic carbocycles. The first-order chi connectivity index (χ1) is 9.08. The third kappa shape index (κ3) is 3.27. The van der Waals surface area contributed by atoms with Crippen molar-refractivity contribution in [3.05, 3.63) is 33.9 Å². The van der Waals surface area contributed by atoms with E-state index in [4.69, 9.17) is 4.74 Å². The monoisotopic (exact) mass is 265 g/mol. The molecular weight excluding hydrogens is 250 g/mol. The van der Waals surface area contributed by atoms with Crippen LogP contribution >= 0.6 is 0 Å². The molecule has 2 rings (SSSR count). The molecule has 0 bridgehead atoms. The molecule has 1 aromatic rings. The van der Waals surface area contributed by atoms with Gasteiger partial charge in [0.05, 0.1) is 11.5 Å². The number of nitro groups is 1. The Labute approximate surface area is 110 Å². The maximum absolute atomic E-state index is 11.9. The summed E-state index contributed by atoms with van der Waals surface area (Å²) in [6, 6.07) is 4.59. The second-order valence-corrected chi connectivity index (χ2v) is 4.31. The molecule has 2 N–H and O–H groups in total. The number of nitrogens with one attached hydrogen (secondary N) is 2. The van der Waals surface area contributed by atoms with Gasteiger partial charge in [-0.15, -0.1) is 0 Å². The first-order valence-corrected chi connectivity index (χ1v) is 5.96. The van der Waals surface area contributed by atoms with E-state index < -0.39 is 11.0 Å². The minimum Gasteiger partial charge on any atom is -0.366 e. The number of hydrogen-bond donors (Lipinski definition) is 2. The van der Waals surface area contributed by atoms with E-state index in [9.17, 15) is 14.9 Å². The molecular formula is C12H15N3O4. The van der Waals surface area contributed by atoms with Crippen molar-refractivity contribution in [1.29, 1.82) is 0 Å². The predicted molar refractivity (Wildman–Crippen MR) is 69.1 cm³/mol. The Balaban J connectivity index is 2.08. The zero-order valence-corrected chi connectivity index (χ0v) is 10.5. The second kappa shape index (κ2) is 5.77. The van der Waals surface area contributed by atoms with Crippen LogP contribution in [0.5, 0.6) is 0 Å². The molecule has 102 valence electrons. The molecule has 0 saturated carbocycles. The van der Waals surface area contributed by atoms with E-state index in [1.54, 1.807) is 19.1 Å². The minimum atomic E-state index is -0.561. The zero-order valence-electron chi connectivity index (χ0n) is 10.5. The highest BCUT2D eigenvalue weighted by Crippen LogP contribution is 2.22. The number of nitro benzene ring substituents is 1. The van der Waals surface area contributed by atoms with Gasteiger partial charge < -0.3 is 15.4 Å². The molecule has 0 aromatic heterocycles. The van der Waals surface area contributed by atoms with Gasteiger partial charge in [0.2, 0.25) is 0 Å². The summed E-state index contributed by atoms with van der Waals surface area (Å²) in [4.78, 5) is 22.2. The van der Waals surface area contributed by atoms with E-state index in [1.807, 2.05) is 0 Å². The molecule has 0 radical (unpaired) electrons. The molecule has 19 heavy (non-hydrogen) atoms. The summed E-state index contributed by atoms with van der Waals surface area (Å²) in [6.07, 6.45) is -0.561. The molecule has 1 saturated heterocycles. The number of benzene rings is 1. The molecule has 1 heterocycles. The Bertz CT molecular complexity index is 498. The third-order valence-corrected chi connectivity index (χ3v) is 2.89. The molecule has 1 aliphatic rings. The molecule has 1 atom stereocenters. The van der Waals surface area contributed by atoms with Crippen LogP contribution in [0.4, 0.5) is 11.4 Å². The number of hydrogen-bond acceptors (Lipinski definition) is 5. The summed E-state index contributed by atoms with van der Waals surface area (Å²) in [5.74, 6) is -0.301. The highest BCUT2D eigenvalue weighted by Gasteiger charge is 2.22. The molecule has 1 unspecified atom stereocenters. The van der Waals surface area contributed by atoms with Crippen molar-refractivity contribution in [3.8, 4) is 0 Å². The van der Waals surface area contributed by atoms with E-state index in [0.717, 1.165) is 6.54 Å². The van der Waals surface area contributed by atoms with Gasteiger partial charge in [0, 0.05) is 30.4 Å². The van der Waals surface area contributed by atoms with Crippen LogP contribution in [0, 0.1) is 17.0 Å². The second-order valence-electron chi connectivity index (χ2n) is 4.31. The van der Waals surface area contributed by atoms with Crippen molar-refractivity contribution in [2.45, 2.75) is 13.0 Å². The molecule has 1 fully saturated rings. The van der Waals surface area contributed by atoms with Crippen molar-refractivity contribution >= 4 is 17.3 Å². The Hall–Kier alpha value is -1.99. The van der Waals surface area contributed by atoms with E-state index in [1.165, 1.54) is 6.07 Å². The number of anilines is 1. The number of aryl methyl sites for hydroxylation is 1. The van der Waals surface area contributed by atoms with E-state index in [2.05, 4.69) is 10.6 Å². The molecule has 1 aliphatic heterocycles. The Morgan fingerprint density at radius 3 is 3.00 bits per heavy atom. The molecule has 1 amide bonds. The van der Waals surface area contributed by atoms with Gasteiger partial charge in [-0.05, 0) is 13.0 Å². The van der Waals surface area contributed by atoms with Crippen LogP contribution in [-0.4, -0.2) is 36.6 Å². The van der Waals surface area contributed by atoms with Crippen LogP contribution in [0.3, 0.4) is 0 Å². The average Bonchev–Trinajstić information content (AvgIpc) is 2.41. The van der Waals surface area contributed by atoms with Crippen molar-refractivity contribution < 1.29 is 14.5 Å². The standard InChI is InChI=1S/C12H15N3O4/c1-8-2-3-9(6-10(8)15(17)18)14-12(16)11-7-13-4-5-19-11/h2-3,6,11,13H,4-5,7H2,1H3,(H,14,16). The lowest BCUT2D eigenvalue weighted by atomic mass is 10.2. The van der Waals surface area contributed by atoms with E-state index in [-0.39, 0.29) is 11.6 Å². The number of carbonyl (C=O) groups is 1. The van der Waals surface area contributed by atoms with Crippen LogP contribution in [0.2, 0.25) is 0 Å². The summed E-state index contributed by atoms with van der Waals surface area (Å²) in [7, 11) is 0. The molecule has 7 nitrogen and oxygen atoms in total. The largest absolute Gasteiger partial charge is 0.366 e. The fraction of sp³-hybridized carbons (Fsp3) is 0.417. The summed E-state index contributed by atoms with van der Waals surface area (Å²) >= 11 is 0. The Kier molecular flexibility index (Phi) is 4.08. The summed E-state index contributed by atoms with van der Waals surface area (Å²) in [6.45, 7) is 3.30. The van der Waals surface area contributed by atoms with Gasteiger partial charge in [0.15, 0.2) is 0 Å². The lowest BCUT2D eigenvalue weighted by Crippen LogP contribution is -2.45. The van der Waals surface area contributed by atoms with Crippen LogP contribution in [0.25, 0.3) is 0 Å². The summed E-state index contributed by atoms with van der Waals surface area (Å²) in [5, 5.41) is 16.5. The zero-order chi connectivity index (χ0) is 13.8. The van der Waals surface area contributed by atoms with Crippen LogP contribution < -0.4 is 10.6 Å². The van der Waals surface area contributed by atoms with Crippen LogP contribution in [0.15, 0.2) is 18.2 Å². The summed E-state index contributed by atoms with van der Waals surface area (Å²) < 4.78 is 5.30. The van der Waals surface area contributed by atoms with Gasteiger partial charge in [0.1, 0.15) is 6.10 Å². The molecule has 7 heteroatoms. The SMILES string of the molecule is Cc1ccc(NC(=O)C2CNCCO2)cc1[N+](=O)[O-]. The smallest absolute Gasteiger partial charge is 0.274 e. The van der Waals surface area contributed by atoms with E-state index >= 15 is 0 Å². The number of carbonyl (C=O) groups excluding carboxylic acids is 1. The summed E-state index contributed by atoms with van der Waals surface area (Å²) in [5.41, 5.74) is 0.940. The van der Waals surface area contributed by atoms with Crippen LogP contribution in [-0.2, 0) is 9.53 Å². The van der Waals surface area contributed by atoms with Gasteiger partial charge in [-0.1, -0.05) is 6.07 Å². The van der Waals surface area contributed by atoms with Crippen molar-refractivity contribution in [3.63, 3.8) is 0 Å². The lowest BCUT2D eigenvalue weighted by Gasteiger charge is -2.22. The Morgan fingerprint density at radius 1 is 1.58 bits per heavy atom. The maximum Gasteiger partial charge on any atom is 0.274 e. The minimum absolute atomic E-state index is 0.0134. The van der Waals surface area contributed by atoms with Crippen molar-refractivity contribution in [2.24, 2.45) is 0 Å². The normalized spacial score (nSPS) is 18.9. The van der Waals surface area contributed by atoms with Gasteiger partial charge in [0.25, 0.3) is 11.6 Å². The van der Waals surface area contributed by atoms with Crippen molar-refractivity contribution in [2.75, 3.05) is 25.0 Å². The third-order valence-electron chi connectivity index (χ3n) is 2.89. The van der Waals surface area contributed by atoms with Gasteiger partial charge >= 0.3 is 0 Å². The molecule has 1 aromatic carbocycles. The van der Waals surface area contributed by atoms with Gasteiger partial charge in [-0.2, -0.15) is 0 Å². The van der Waals surface area contributed by atoms with Gasteiger partial charge in [-0.25, -0.2) is 0 Å². The predicted octanol–water partition coefficient (Wildman–Crippen LogP) is 0.830. The van der Waals surface area contributed by atoms with Gasteiger partial charge in [-0.3, -0.25) is 14.9 Å². The number of morpholine rings is 1. The van der Waals surface area contributed by atoms with Crippen LogP contribution in [0.1, 0.15) is 5.56 Å². The Morgan fingerprint density at radius 2 is 2.37 bits per heavy atom. The number of amides is 1. The number of ether oxygens (including phenoxy) is 1. The fourth-order valence-corrected chi connectivity index (χ4v) is 1.84. The quantitative estimate of drug-likeness (QED) is 0.623. The molecule has 0 spiro atoms. The highest BCUT2D eigenvalue weighted by atomic mass is 16.6. The van der Waals surface area contributed by atoms with Crippen molar-refractivity contribution in [1.82, 2.24) is 5.32 Å². The lowest BCUT2D eigenvalue weighted by molar-refractivity contribution is -0.385. The maximum atomic E-state index is 11.9. The first kappa shape index (κ1) is 13.4.